The fourth-order valence-corrected chi connectivity index (χ4v) is 4.15. The lowest BCUT2D eigenvalue weighted by molar-refractivity contribution is -0.486. The van der Waals surface area contributed by atoms with Gasteiger partial charge in [0.1, 0.15) is 5.10 Å². The van der Waals surface area contributed by atoms with Crippen LogP contribution in [0.4, 0.5) is 0 Å². The molecule has 166 valence electrons. The highest BCUT2D eigenvalue weighted by Crippen LogP contribution is 2.23. The van der Waals surface area contributed by atoms with Gasteiger partial charge in [-0.05, 0) is 23.1 Å². The Morgan fingerprint density at radius 1 is 1.32 bits per heavy atom. The van der Waals surface area contributed by atoms with Gasteiger partial charge in [-0.3, -0.25) is 10.2 Å². The van der Waals surface area contributed by atoms with Crippen LogP contribution in [-0.2, 0) is 12.0 Å². The quantitative estimate of drug-likeness (QED) is 0.534. The number of nitrogens with one attached hydrogen (secondary N) is 1. The molecule has 1 aliphatic rings. The maximum absolute atomic E-state index is 12.8. The summed E-state index contributed by atoms with van der Waals surface area (Å²) in [6, 6.07) is 7.47. The number of carbonyl (C=O) groups excluding carboxylic acids is 1. The highest BCUT2D eigenvalue weighted by Gasteiger charge is 2.30. The van der Waals surface area contributed by atoms with Crippen molar-refractivity contribution >= 4 is 34.8 Å². The van der Waals surface area contributed by atoms with Crippen LogP contribution < -0.4 is 5.43 Å². The van der Waals surface area contributed by atoms with Crippen molar-refractivity contribution in [3.8, 4) is 0 Å². The molecule has 1 fully saturated rings. The Morgan fingerprint density at radius 2 is 2.00 bits per heavy atom. The van der Waals surface area contributed by atoms with E-state index in [4.69, 9.17) is 11.6 Å². The molecule has 1 saturated heterocycles. The zero-order chi connectivity index (χ0) is 22.8. The van der Waals surface area contributed by atoms with Crippen molar-refractivity contribution in [2.24, 2.45) is 5.10 Å². The first-order valence-electron chi connectivity index (χ1n) is 9.48. The topological polar surface area (TPSA) is 107 Å². The molecule has 0 unspecified atom stereocenters. The highest BCUT2D eigenvalue weighted by atomic mass is 35.5. The third kappa shape index (κ3) is 5.90. The molecule has 10 nitrogen and oxygen atoms in total. The zero-order valence-electron chi connectivity index (χ0n) is 17.7. The molecule has 1 aliphatic heterocycles. The van der Waals surface area contributed by atoms with E-state index < -0.39 is 5.03 Å². The number of hydrazone groups is 1. The number of halogens is 1. The van der Waals surface area contributed by atoms with Crippen molar-refractivity contribution in [2.75, 3.05) is 20.4 Å². The van der Waals surface area contributed by atoms with Crippen LogP contribution in [0.25, 0.3) is 0 Å². The van der Waals surface area contributed by atoms with Gasteiger partial charge < -0.3 is 9.80 Å². The van der Waals surface area contributed by atoms with Crippen LogP contribution >= 0.6 is 22.9 Å². The Bertz CT molecular complexity index is 987. The molecule has 1 amide bonds. The van der Waals surface area contributed by atoms with Gasteiger partial charge in [0.25, 0.3) is 11.9 Å². The first-order chi connectivity index (χ1) is 14.5. The molecule has 1 N–H and O–H groups in total. The Hall–Kier alpha value is -2.76. The van der Waals surface area contributed by atoms with Crippen LogP contribution in [0, 0.1) is 10.1 Å². The number of hydrogen-bond acceptors (Lipinski definition) is 6. The summed E-state index contributed by atoms with van der Waals surface area (Å²) >= 11 is 7.19. The molecule has 1 aromatic heterocycles. The van der Waals surface area contributed by atoms with E-state index in [1.165, 1.54) is 11.3 Å². The molecule has 2 aromatic rings. The molecule has 0 spiro atoms. The summed E-state index contributed by atoms with van der Waals surface area (Å²) in [7, 11) is 1.67. The normalized spacial score (nSPS) is 16.6. The van der Waals surface area contributed by atoms with Gasteiger partial charge in [-0.25, -0.2) is 15.1 Å². The second-order valence-corrected chi connectivity index (χ2v) is 9.90. The van der Waals surface area contributed by atoms with Crippen molar-refractivity contribution in [1.29, 1.82) is 0 Å². The molecule has 2 heterocycles. The molecule has 0 bridgehead atoms. The smallest absolute Gasteiger partial charge is 0.276 e. The second-order valence-electron chi connectivity index (χ2n) is 8.20. The van der Waals surface area contributed by atoms with Crippen molar-refractivity contribution in [1.82, 2.24) is 25.2 Å². The number of rotatable bonds is 5. The highest BCUT2D eigenvalue weighted by molar-refractivity contribution is 7.15. The standard InChI is InChI=1S/C19H24ClN7O3S/c1-19(2,3)14-7-5-13(6-8-14)16(28)22-26-11-24(4)18(23-27(29)30)25(12-26)10-15-9-21-17(20)31-15/h5-9H,10-12H2,1-4H3,(H,22,28)/b23-18+. The van der Waals surface area contributed by atoms with Gasteiger partial charge in [0.15, 0.2) is 9.50 Å². The van der Waals surface area contributed by atoms with E-state index in [1.54, 1.807) is 40.2 Å². The number of benzene rings is 1. The van der Waals surface area contributed by atoms with Crippen LogP contribution in [0.2, 0.25) is 4.47 Å². The average Bonchev–Trinajstić information content (AvgIpc) is 3.08. The molecule has 0 atom stereocenters. The van der Waals surface area contributed by atoms with Gasteiger partial charge in [-0.1, -0.05) is 44.5 Å². The molecule has 12 heteroatoms. The van der Waals surface area contributed by atoms with Crippen molar-refractivity contribution < 1.29 is 9.83 Å². The molecular weight excluding hydrogens is 442 g/mol. The van der Waals surface area contributed by atoms with Gasteiger partial charge in [-0.15, -0.1) is 11.3 Å². The van der Waals surface area contributed by atoms with E-state index in [-0.39, 0.29) is 30.6 Å². The van der Waals surface area contributed by atoms with E-state index in [1.807, 2.05) is 12.1 Å². The van der Waals surface area contributed by atoms with Crippen LogP contribution in [0.3, 0.4) is 0 Å². The summed E-state index contributed by atoms with van der Waals surface area (Å²) in [6.07, 6.45) is 1.62. The Morgan fingerprint density at radius 3 is 2.55 bits per heavy atom. The number of hydrazine groups is 1. The fraction of sp³-hybridized carbons (Fsp3) is 0.421. The van der Waals surface area contributed by atoms with Crippen molar-refractivity contribution in [3.05, 3.63) is 61.0 Å². The van der Waals surface area contributed by atoms with E-state index in [0.29, 0.717) is 16.6 Å². The molecule has 0 aliphatic carbocycles. The van der Waals surface area contributed by atoms with Gasteiger partial charge >= 0.3 is 0 Å². The van der Waals surface area contributed by atoms with Crippen LogP contribution in [0.1, 0.15) is 41.6 Å². The summed E-state index contributed by atoms with van der Waals surface area (Å²) in [6.45, 7) is 7.09. The molecule has 1 aromatic carbocycles. The molecule has 31 heavy (non-hydrogen) atoms. The number of nitrogens with zero attached hydrogens (tertiary/aromatic N) is 6. The monoisotopic (exact) mass is 465 g/mol. The Balaban J connectivity index is 1.74. The van der Waals surface area contributed by atoms with Gasteiger partial charge in [0.05, 0.1) is 19.9 Å². The summed E-state index contributed by atoms with van der Waals surface area (Å²) < 4.78 is 0.386. The van der Waals surface area contributed by atoms with E-state index in [0.717, 1.165) is 10.4 Å². The predicted molar refractivity (Wildman–Crippen MR) is 119 cm³/mol. The number of aromatic nitrogens is 1. The number of hydrogen-bond donors (Lipinski definition) is 1. The van der Waals surface area contributed by atoms with Gasteiger partial charge in [-0.2, -0.15) is 5.01 Å². The Kier molecular flexibility index (Phi) is 6.77. The molecule has 0 radical (unpaired) electrons. The first kappa shape index (κ1) is 22.9. The number of carbonyl (C=O) groups is 1. The summed E-state index contributed by atoms with van der Waals surface area (Å²) in [5.41, 5.74) is 4.53. The lowest BCUT2D eigenvalue weighted by Crippen LogP contribution is -2.61. The first-order valence-corrected chi connectivity index (χ1v) is 10.7. The third-order valence-corrected chi connectivity index (χ3v) is 5.76. The number of guanidine groups is 1. The average molecular weight is 466 g/mol. The second kappa shape index (κ2) is 9.16. The van der Waals surface area contributed by atoms with Gasteiger partial charge in [0.2, 0.25) is 0 Å². The maximum Gasteiger partial charge on any atom is 0.276 e. The number of thiazole rings is 1. The van der Waals surface area contributed by atoms with E-state index in [2.05, 4.69) is 36.3 Å². The minimum Gasteiger partial charge on any atom is -0.326 e. The van der Waals surface area contributed by atoms with Crippen LogP contribution in [0.15, 0.2) is 35.6 Å². The number of nitro groups is 1. The SMILES string of the molecule is CN1CN(NC(=O)c2ccc(C(C)(C)C)cc2)CN(Cc2cnc(Cl)s2)/C1=N/[N+](=O)[O-]. The molecule has 0 saturated carbocycles. The predicted octanol–water partition coefficient (Wildman–Crippen LogP) is 2.95. The fourth-order valence-electron chi connectivity index (χ4n) is 3.15. The minimum absolute atomic E-state index is 0.00260. The zero-order valence-corrected chi connectivity index (χ0v) is 19.3. The maximum atomic E-state index is 12.8. The van der Waals surface area contributed by atoms with Crippen molar-refractivity contribution in [2.45, 2.75) is 32.7 Å². The third-order valence-electron chi connectivity index (χ3n) is 4.66. The summed E-state index contributed by atoms with van der Waals surface area (Å²) in [5.74, 6) is -0.0705. The molecular formula is C19H24ClN7O3S. The largest absolute Gasteiger partial charge is 0.326 e. The molecule has 3 rings (SSSR count). The summed E-state index contributed by atoms with van der Waals surface area (Å²) in [4.78, 5) is 31.9. The Labute approximate surface area is 189 Å². The van der Waals surface area contributed by atoms with E-state index in [9.17, 15) is 14.9 Å². The van der Waals surface area contributed by atoms with Crippen LogP contribution in [-0.4, -0.2) is 57.1 Å². The van der Waals surface area contributed by atoms with Crippen molar-refractivity contribution in [3.63, 3.8) is 0 Å². The minimum atomic E-state index is -0.733. The van der Waals surface area contributed by atoms with Crippen LogP contribution in [0.5, 0.6) is 0 Å². The van der Waals surface area contributed by atoms with Gasteiger partial charge in [0, 0.05) is 23.7 Å². The lowest BCUT2D eigenvalue weighted by Gasteiger charge is -2.41. The summed E-state index contributed by atoms with van der Waals surface area (Å²) in [5, 5.41) is 15.5. The van der Waals surface area contributed by atoms with E-state index >= 15 is 0 Å². The number of amides is 1. The lowest BCUT2D eigenvalue weighted by atomic mass is 9.87.